The minimum Gasteiger partial charge on any atom is -0.489 e. The van der Waals surface area contributed by atoms with Crippen LogP contribution >= 0.6 is 0 Å². The second kappa shape index (κ2) is 5.12. The average molecular weight is 251 g/mol. The highest BCUT2D eigenvalue weighted by molar-refractivity contribution is 5.29. The largest absolute Gasteiger partial charge is 0.489 e. The molecule has 18 heavy (non-hydrogen) atoms. The lowest BCUT2D eigenvalue weighted by Gasteiger charge is -2.13. The summed E-state index contributed by atoms with van der Waals surface area (Å²) in [5, 5.41) is 0. The summed E-state index contributed by atoms with van der Waals surface area (Å²) in [6, 6.07) is 15.1. The van der Waals surface area contributed by atoms with E-state index in [4.69, 9.17) is 4.74 Å². The van der Waals surface area contributed by atoms with E-state index in [0.717, 1.165) is 0 Å². The molecule has 0 saturated carbocycles. The molecule has 0 aliphatic rings. The zero-order valence-corrected chi connectivity index (χ0v) is 9.37. The van der Waals surface area contributed by atoms with Gasteiger partial charge in [0.2, 0.25) is 0 Å². The van der Waals surface area contributed by atoms with Crippen LogP contribution in [0, 0.1) is 6.07 Å². The topological polar surface area (TPSA) is 9.23 Å². The molecule has 0 fully saturated rings. The molecule has 1 nitrogen and oxygen atoms in total. The summed E-state index contributed by atoms with van der Waals surface area (Å²) in [5.74, 6) is 0.537. The van der Waals surface area contributed by atoms with Crippen LogP contribution in [0.25, 0.3) is 0 Å². The average Bonchev–Trinajstić information content (AvgIpc) is 2.37. The summed E-state index contributed by atoms with van der Waals surface area (Å²) >= 11 is 0. The van der Waals surface area contributed by atoms with Crippen LogP contribution in [0.2, 0.25) is 0 Å². The molecule has 0 aliphatic heterocycles. The summed E-state index contributed by atoms with van der Waals surface area (Å²) in [5.41, 5.74) is -0.699. The van der Waals surface area contributed by atoms with Crippen molar-refractivity contribution < 1.29 is 17.9 Å². The quantitative estimate of drug-likeness (QED) is 0.798. The Morgan fingerprint density at radius 2 is 1.72 bits per heavy atom. The summed E-state index contributed by atoms with van der Waals surface area (Å²) in [6.07, 6.45) is -4.41. The number of para-hydroxylation sites is 1. The molecule has 93 valence electrons. The van der Waals surface area contributed by atoms with E-state index in [1.165, 1.54) is 18.2 Å². The molecule has 0 bridgehead atoms. The minimum atomic E-state index is -4.41. The highest BCUT2D eigenvalue weighted by atomic mass is 19.4. The van der Waals surface area contributed by atoms with E-state index in [0.29, 0.717) is 5.75 Å². The Balaban J connectivity index is 2.15. The van der Waals surface area contributed by atoms with Gasteiger partial charge in [-0.2, -0.15) is 13.2 Å². The normalized spacial score (nSPS) is 11.3. The van der Waals surface area contributed by atoms with Crippen LogP contribution in [-0.4, -0.2) is 0 Å². The van der Waals surface area contributed by atoms with Gasteiger partial charge in [0.15, 0.2) is 0 Å². The number of ether oxygens (including phenoxy) is 1. The van der Waals surface area contributed by atoms with E-state index in [1.807, 2.05) is 6.07 Å². The van der Waals surface area contributed by atoms with Crippen molar-refractivity contribution in [2.24, 2.45) is 0 Å². The Kier molecular flexibility index (Phi) is 3.55. The minimum absolute atomic E-state index is 0.0776. The zero-order valence-electron chi connectivity index (χ0n) is 9.37. The fourth-order valence-corrected chi connectivity index (χ4v) is 1.53. The lowest BCUT2D eigenvalue weighted by atomic mass is 10.1. The Labute approximate surface area is 103 Å². The van der Waals surface area contributed by atoms with Crippen molar-refractivity contribution in [2.45, 2.75) is 12.8 Å². The van der Waals surface area contributed by atoms with E-state index in [1.54, 1.807) is 24.3 Å². The van der Waals surface area contributed by atoms with Gasteiger partial charge in [0.05, 0.1) is 5.56 Å². The molecule has 0 N–H and O–H groups in total. The molecule has 0 saturated heterocycles. The maximum atomic E-state index is 12.7. The Bertz CT molecular complexity index is 506. The predicted molar refractivity (Wildman–Crippen MR) is 61.1 cm³/mol. The van der Waals surface area contributed by atoms with Gasteiger partial charge in [0, 0.05) is 5.56 Å². The van der Waals surface area contributed by atoms with Crippen molar-refractivity contribution in [3.05, 3.63) is 65.7 Å². The van der Waals surface area contributed by atoms with Crippen molar-refractivity contribution in [1.29, 1.82) is 0 Å². The number of rotatable bonds is 3. The molecule has 0 amide bonds. The number of halogens is 3. The third kappa shape index (κ3) is 3.03. The second-order valence-corrected chi connectivity index (χ2v) is 3.67. The Morgan fingerprint density at radius 3 is 2.39 bits per heavy atom. The number of hydrogen-bond acceptors (Lipinski definition) is 1. The second-order valence-electron chi connectivity index (χ2n) is 3.67. The van der Waals surface area contributed by atoms with E-state index in [-0.39, 0.29) is 12.2 Å². The number of benzene rings is 2. The SMILES string of the molecule is FC(F)(F)c1[c]cccc1COc1ccccc1. The predicted octanol–water partition coefficient (Wildman–Crippen LogP) is 4.08. The van der Waals surface area contributed by atoms with Crippen LogP contribution < -0.4 is 4.74 Å². The monoisotopic (exact) mass is 251 g/mol. The lowest BCUT2D eigenvalue weighted by molar-refractivity contribution is -0.138. The highest BCUT2D eigenvalue weighted by Gasteiger charge is 2.33. The first-order valence-electron chi connectivity index (χ1n) is 5.32. The molecule has 0 spiro atoms. The molecule has 0 heterocycles. The van der Waals surface area contributed by atoms with Crippen molar-refractivity contribution in [1.82, 2.24) is 0 Å². The van der Waals surface area contributed by atoms with Crippen molar-refractivity contribution >= 4 is 0 Å². The van der Waals surface area contributed by atoms with Gasteiger partial charge in [-0.05, 0) is 18.2 Å². The van der Waals surface area contributed by atoms with Crippen molar-refractivity contribution in [3.8, 4) is 5.75 Å². The molecule has 0 aromatic heterocycles. The zero-order chi connectivity index (χ0) is 13.0. The molecule has 2 aromatic rings. The number of alkyl halides is 3. The summed E-state index contributed by atoms with van der Waals surface area (Å²) < 4.78 is 43.4. The Morgan fingerprint density at radius 1 is 1.00 bits per heavy atom. The molecule has 2 rings (SSSR count). The van der Waals surface area contributed by atoms with Gasteiger partial charge in [-0.1, -0.05) is 36.4 Å². The fourth-order valence-electron chi connectivity index (χ4n) is 1.53. The van der Waals surface area contributed by atoms with Crippen LogP contribution in [-0.2, 0) is 12.8 Å². The molecule has 4 heteroatoms. The van der Waals surface area contributed by atoms with Gasteiger partial charge in [-0.3, -0.25) is 0 Å². The van der Waals surface area contributed by atoms with Crippen LogP contribution in [0.5, 0.6) is 5.75 Å². The van der Waals surface area contributed by atoms with Crippen molar-refractivity contribution in [2.75, 3.05) is 0 Å². The first kappa shape index (κ1) is 12.5. The van der Waals surface area contributed by atoms with Gasteiger partial charge in [-0.15, -0.1) is 0 Å². The van der Waals surface area contributed by atoms with E-state index in [2.05, 4.69) is 6.07 Å². The maximum absolute atomic E-state index is 12.7. The van der Waals surface area contributed by atoms with Crippen LogP contribution in [0.3, 0.4) is 0 Å². The maximum Gasteiger partial charge on any atom is 0.417 e. The third-order valence-electron chi connectivity index (χ3n) is 2.36. The fraction of sp³-hybridized carbons (Fsp3) is 0.143. The molecule has 1 radical (unpaired) electrons. The molecule has 0 aliphatic carbocycles. The first-order chi connectivity index (χ1) is 8.57. The molecule has 2 aromatic carbocycles. The van der Waals surface area contributed by atoms with E-state index < -0.39 is 11.7 Å². The summed E-state index contributed by atoms with van der Waals surface area (Å²) in [6.45, 7) is -0.129. The van der Waals surface area contributed by atoms with Crippen LogP contribution in [0.4, 0.5) is 13.2 Å². The van der Waals surface area contributed by atoms with Gasteiger partial charge in [0.1, 0.15) is 12.4 Å². The molecular weight excluding hydrogens is 241 g/mol. The van der Waals surface area contributed by atoms with Gasteiger partial charge >= 0.3 is 6.18 Å². The Hall–Kier alpha value is -1.97. The van der Waals surface area contributed by atoms with E-state index >= 15 is 0 Å². The lowest BCUT2D eigenvalue weighted by Crippen LogP contribution is -2.10. The number of hydrogen-bond donors (Lipinski definition) is 0. The smallest absolute Gasteiger partial charge is 0.417 e. The molecule has 0 atom stereocenters. The summed E-state index contributed by atoms with van der Waals surface area (Å²) in [7, 11) is 0. The van der Waals surface area contributed by atoms with Crippen LogP contribution in [0.15, 0.2) is 48.5 Å². The first-order valence-corrected chi connectivity index (χ1v) is 5.32. The van der Waals surface area contributed by atoms with Gasteiger partial charge < -0.3 is 4.74 Å². The molecule has 0 unspecified atom stereocenters. The highest BCUT2D eigenvalue weighted by Crippen LogP contribution is 2.31. The van der Waals surface area contributed by atoms with E-state index in [9.17, 15) is 13.2 Å². The summed E-state index contributed by atoms with van der Waals surface area (Å²) in [4.78, 5) is 0. The van der Waals surface area contributed by atoms with Crippen molar-refractivity contribution in [3.63, 3.8) is 0 Å². The third-order valence-corrected chi connectivity index (χ3v) is 2.36. The van der Waals surface area contributed by atoms with Gasteiger partial charge in [0.25, 0.3) is 0 Å². The van der Waals surface area contributed by atoms with Gasteiger partial charge in [-0.25, -0.2) is 0 Å². The van der Waals surface area contributed by atoms with Crippen LogP contribution in [0.1, 0.15) is 11.1 Å². The standard InChI is InChI=1S/C14H10F3O/c15-14(16,17)13-9-5-4-6-11(13)10-18-12-7-2-1-3-8-12/h1-8H,10H2. The molecular formula is C14H10F3O.